The zero-order chi connectivity index (χ0) is 15.5. The van der Waals surface area contributed by atoms with Gasteiger partial charge in [-0.3, -0.25) is 9.89 Å². The van der Waals surface area contributed by atoms with Crippen LogP contribution in [0.1, 0.15) is 16.8 Å². The van der Waals surface area contributed by atoms with Gasteiger partial charge in [0.05, 0.1) is 18.5 Å². The summed E-state index contributed by atoms with van der Waals surface area (Å²) in [6.45, 7) is 0.636. The number of amides is 1. The van der Waals surface area contributed by atoms with Crippen LogP contribution in [0.25, 0.3) is 11.3 Å². The Morgan fingerprint density at radius 1 is 1.41 bits per heavy atom. The van der Waals surface area contributed by atoms with Crippen LogP contribution in [0.5, 0.6) is 0 Å². The fourth-order valence-corrected chi connectivity index (χ4v) is 2.36. The first-order chi connectivity index (χ1) is 10.6. The van der Waals surface area contributed by atoms with Crippen LogP contribution in [0, 0.1) is 11.7 Å². The van der Waals surface area contributed by atoms with E-state index in [0.717, 1.165) is 0 Å². The fraction of sp³-hybridized carbons (Fsp3) is 0.267. The molecule has 7 heteroatoms. The molecule has 6 nitrogen and oxygen atoms in total. The molecule has 3 rings (SSSR count). The maximum absolute atomic E-state index is 13.8. The third kappa shape index (κ3) is 2.83. The van der Waals surface area contributed by atoms with E-state index in [1.54, 1.807) is 18.2 Å². The maximum atomic E-state index is 13.8. The second-order valence-corrected chi connectivity index (χ2v) is 5.11. The number of ether oxygens (including phenoxy) is 1. The summed E-state index contributed by atoms with van der Waals surface area (Å²) in [5.41, 5.74) is 0.704. The van der Waals surface area contributed by atoms with E-state index in [2.05, 4.69) is 15.5 Å². The molecule has 2 N–H and O–H groups in total. The largest absolute Gasteiger partial charge is 0.462 e. The van der Waals surface area contributed by atoms with Crippen LogP contribution < -0.4 is 5.32 Å². The van der Waals surface area contributed by atoms with Gasteiger partial charge in [0.15, 0.2) is 0 Å². The molecule has 0 aliphatic carbocycles. The Hall–Kier alpha value is -2.70. The van der Waals surface area contributed by atoms with Crippen molar-refractivity contribution in [2.75, 3.05) is 13.2 Å². The molecule has 2 aromatic rings. The molecule has 0 unspecified atom stereocenters. The van der Waals surface area contributed by atoms with Gasteiger partial charge in [-0.1, -0.05) is 12.1 Å². The molecule has 0 bridgehead atoms. The molecule has 1 aromatic carbocycles. The van der Waals surface area contributed by atoms with Crippen molar-refractivity contribution < 1.29 is 18.7 Å². The number of halogens is 1. The van der Waals surface area contributed by atoms with Crippen LogP contribution in [0.2, 0.25) is 0 Å². The van der Waals surface area contributed by atoms with Crippen molar-refractivity contribution in [3.63, 3.8) is 0 Å². The number of carbonyl (C=O) groups excluding carboxylic acids is 2. The molecule has 1 saturated heterocycles. The number of hydrogen-bond acceptors (Lipinski definition) is 4. The van der Waals surface area contributed by atoms with Gasteiger partial charge in [-0.2, -0.15) is 5.10 Å². The minimum Gasteiger partial charge on any atom is -0.462 e. The molecular weight excluding hydrogens is 289 g/mol. The zero-order valence-corrected chi connectivity index (χ0v) is 11.6. The van der Waals surface area contributed by atoms with E-state index in [-0.39, 0.29) is 35.3 Å². The molecule has 0 spiro atoms. The number of benzene rings is 1. The first-order valence-corrected chi connectivity index (χ1v) is 6.87. The van der Waals surface area contributed by atoms with Gasteiger partial charge in [-0.15, -0.1) is 0 Å². The van der Waals surface area contributed by atoms with Crippen LogP contribution in [0.4, 0.5) is 4.39 Å². The van der Waals surface area contributed by atoms with E-state index in [1.807, 2.05) is 0 Å². The summed E-state index contributed by atoms with van der Waals surface area (Å²) in [6.07, 6.45) is 1.65. The Kier molecular flexibility index (Phi) is 3.86. The number of rotatable bonds is 4. The van der Waals surface area contributed by atoms with E-state index in [9.17, 15) is 14.0 Å². The highest BCUT2D eigenvalue weighted by Gasteiger charge is 2.24. The van der Waals surface area contributed by atoms with Gasteiger partial charge >= 0.3 is 5.97 Å². The lowest BCUT2D eigenvalue weighted by molar-refractivity contribution is -0.119. The number of esters is 1. The molecule has 1 amide bonds. The third-order valence-electron chi connectivity index (χ3n) is 3.51. The number of carbonyl (C=O) groups is 2. The molecule has 2 heterocycles. The van der Waals surface area contributed by atoms with Gasteiger partial charge < -0.3 is 10.1 Å². The Bertz CT molecular complexity index is 714. The molecule has 22 heavy (non-hydrogen) atoms. The number of aromatic amines is 1. The van der Waals surface area contributed by atoms with Gasteiger partial charge in [-0.05, 0) is 12.1 Å². The highest BCUT2D eigenvalue weighted by molar-refractivity contribution is 5.96. The Morgan fingerprint density at radius 2 is 2.23 bits per heavy atom. The molecule has 114 valence electrons. The average Bonchev–Trinajstić information content (AvgIpc) is 3.14. The first-order valence-electron chi connectivity index (χ1n) is 6.87. The van der Waals surface area contributed by atoms with Crippen LogP contribution in [-0.2, 0) is 9.53 Å². The van der Waals surface area contributed by atoms with Crippen LogP contribution in [0.15, 0.2) is 30.5 Å². The smallest absolute Gasteiger partial charge is 0.342 e. The number of H-pyrrole nitrogens is 1. The van der Waals surface area contributed by atoms with Gasteiger partial charge in [0.25, 0.3) is 0 Å². The zero-order valence-electron chi connectivity index (χ0n) is 11.6. The van der Waals surface area contributed by atoms with E-state index < -0.39 is 11.8 Å². The SMILES string of the molecule is O=C1C[C@@H](COC(=O)c2cn[nH]c2-c2ccccc2F)CN1. The molecular formula is C15H14FN3O3. The summed E-state index contributed by atoms with van der Waals surface area (Å²) in [7, 11) is 0. The average molecular weight is 303 g/mol. The van der Waals surface area contributed by atoms with Gasteiger partial charge in [-0.25, -0.2) is 9.18 Å². The van der Waals surface area contributed by atoms with Crippen molar-refractivity contribution in [1.82, 2.24) is 15.5 Å². The number of nitrogens with zero attached hydrogens (tertiary/aromatic N) is 1. The van der Waals surface area contributed by atoms with E-state index in [0.29, 0.717) is 13.0 Å². The normalized spacial score (nSPS) is 17.3. The van der Waals surface area contributed by atoms with Gasteiger partial charge in [0.1, 0.15) is 11.4 Å². The molecule has 1 atom stereocenters. The molecule has 1 aromatic heterocycles. The lowest BCUT2D eigenvalue weighted by atomic mass is 10.1. The van der Waals surface area contributed by atoms with Gasteiger partial charge in [0.2, 0.25) is 5.91 Å². The molecule has 0 saturated carbocycles. The van der Waals surface area contributed by atoms with E-state index in [4.69, 9.17) is 4.74 Å². The van der Waals surface area contributed by atoms with Crippen molar-refractivity contribution in [2.24, 2.45) is 5.92 Å². The predicted octanol–water partition coefficient (Wildman–Crippen LogP) is 1.51. The standard InChI is InChI=1S/C15H14FN3O3/c16-12-4-2-1-3-10(12)14-11(7-18-19-14)15(21)22-8-9-5-13(20)17-6-9/h1-4,7,9H,5-6,8H2,(H,17,20)(H,18,19)/t9-/m1/s1. The van der Waals surface area contributed by atoms with Crippen LogP contribution in [0.3, 0.4) is 0 Å². The van der Waals surface area contributed by atoms with E-state index in [1.165, 1.54) is 12.3 Å². The number of hydrogen-bond donors (Lipinski definition) is 2. The van der Waals surface area contributed by atoms with Crippen LogP contribution in [-0.4, -0.2) is 35.2 Å². The second-order valence-electron chi connectivity index (χ2n) is 5.11. The summed E-state index contributed by atoms with van der Waals surface area (Å²) < 4.78 is 19.0. The fourth-order valence-electron chi connectivity index (χ4n) is 2.36. The Labute approximate surface area is 125 Å². The van der Waals surface area contributed by atoms with Crippen LogP contribution >= 0.6 is 0 Å². The second kappa shape index (κ2) is 5.97. The van der Waals surface area contributed by atoms with Crippen molar-refractivity contribution in [3.8, 4) is 11.3 Å². The summed E-state index contributed by atoms with van der Waals surface area (Å²) in [4.78, 5) is 23.2. The Morgan fingerprint density at radius 3 is 2.95 bits per heavy atom. The quantitative estimate of drug-likeness (QED) is 0.839. The lowest BCUT2D eigenvalue weighted by Gasteiger charge is -2.09. The molecule has 0 radical (unpaired) electrons. The topological polar surface area (TPSA) is 84.1 Å². The lowest BCUT2D eigenvalue weighted by Crippen LogP contribution is -2.17. The highest BCUT2D eigenvalue weighted by Crippen LogP contribution is 2.24. The summed E-state index contributed by atoms with van der Waals surface area (Å²) in [5, 5.41) is 9.09. The summed E-state index contributed by atoms with van der Waals surface area (Å²) in [5.74, 6) is -1.12. The molecule has 1 fully saturated rings. The number of aromatic nitrogens is 2. The van der Waals surface area contributed by atoms with Crippen molar-refractivity contribution in [2.45, 2.75) is 6.42 Å². The Balaban J connectivity index is 1.73. The van der Waals surface area contributed by atoms with Crippen molar-refractivity contribution in [3.05, 3.63) is 41.8 Å². The molecule has 1 aliphatic heterocycles. The number of nitrogens with one attached hydrogen (secondary N) is 2. The summed E-state index contributed by atoms with van der Waals surface area (Å²) in [6, 6.07) is 6.10. The predicted molar refractivity (Wildman–Crippen MR) is 75.4 cm³/mol. The first kappa shape index (κ1) is 14.2. The molecule has 1 aliphatic rings. The minimum atomic E-state index is -0.591. The summed E-state index contributed by atoms with van der Waals surface area (Å²) >= 11 is 0. The minimum absolute atomic E-state index is 0.0275. The van der Waals surface area contributed by atoms with Crippen molar-refractivity contribution in [1.29, 1.82) is 0 Å². The van der Waals surface area contributed by atoms with Gasteiger partial charge in [0, 0.05) is 24.4 Å². The monoisotopic (exact) mass is 303 g/mol. The van der Waals surface area contributed by atoms with Crippen molar-refractivity contribution >= 4 is 11.9 Å². The highest BCUT2D eigenvalue weighted by atomic mass is 19.1. The third-order valence-corrected chi connectivity index (χ3v) is 3.51. The van der Waals surface area contributed by atoms with E-state index >= 15 is 0 Å². The maximum Gasteiger partial charge on any atom is 0.342 e.